The first-order chi connectivity index (χ1) is 10.5. The number of urea groups is 1. The summed E-state index contributed by atoms with van der Waals surface area (Å²) in [5.74, 6) is 0.0192. The number of hydrogen-bond donors (Lipinski definition) is 2. The van der Waals surface area contributed by atoms with Gasteiger partial charge >= 0.3 is 6.03 Å². The van der Waals surface area contributed by atoms with E-state index in [1.165, 1.54) is 4.90 Å². The molecule has 1 atom stereocenters. The smallest absolute Gasteiger partial charge is 0.323 e. The van der Waals surface area contributed by atoms with E-state index in [-0.39, 0.29) is 24.4 Å². The molecule has 3 amide bonds. The van der Waals surface area contributed by atoms with E-state index < -0.39 is 5.54 Å². The molecular weight excluding hydrogens is 302 g/mol. The van der Waals surface area contributed by atoms with Crippen molar-refractivity contribution in [1.29, 1.82) is 0 Å². The molecule has 22 heavy (non-hydrogen) atoms. The van der Waals surface area contributed by atoms with E-state index in [1.54, 1.807) is 6.07 Å². The minimum atomic E-state index is -0.805. The second kappa shape index (κ2) is 5.89. The van der Waals surface area contributed by atoms with Gasteiger partial charge in [-0.3, -0.25) is 9.69 Å². The van der Waals surface area contributed by atoms with E-state index in [9.17, 15) is 9.59 Å². The second-order valence-electron chi connectivity index (χ2n) is 6.14. The van der Waals surface area contributed by atoms with Gasteiger partial charge in [0.2, 0.25) is 0 Å². The number of imide groups is 1. The van der Waals surface area contributed by atoms with Crippen molar-refractivity contribution in [3.8, 4) is 0 Å². The van der Waals surface area contributed by atoms with Crippen LogP contribution in [0.5, 0.6) is 0 Å². The van der Waals surface area contributed by atoms with E-state index in [1.807, 2.05) is 25.1 Å². The van der Waals surface area contributed by atoms with E-state index in [4.69, 9.17) is 11.6 Å². The van der Waals surface area contributed by atoms with Crippen LogP contribution in [0.25, 0.3) is 0 Å². The molecule has 118 valence electrons. The number of halogens is 1. The van der Waals surface area contributed by atoms with E-state index in [0.29, 0.717) is 5.02 Å². The van der Waals surface area contributed by atoms with Gasteiger partial charge in [-0.05, 0) is 50.4 Å². The summed E-state index contributed by atoms with van der Waals surface area (Å²) in [6, 6.07) is 6.96. The van der Waals surface area contributed by atoms with Gasteiger partial charge in [-0.25, -0.2) is 4.79 Å². The van der Waals surface area contributed by atoms with Crippen LogP contribution >= 0.6 is 11.6 Å². The molecule has 2 N–H and O–H groups in total. The Kier molecular flexibility index (Phi) is 4.10. The zero-order valence-electron chi connectivity index (χ0n) is 12.6. The lowest BCUT2D eigenvalue weighted by molar-refractivity contribution is -0.133. The van der Waals surface area contributed by atoms with Crippen molar-refractivity contribution in [2.75, 3.05) is 13.1 Å². The number of rotatable bonds is 3. The molecule has 2 heterocycles. The fraction of sp³-hybridized carbons (Fsp3) is 0.500. The standard InChI is InChI=1S/C16H20ClN3O2/c1-16(12-6-8-18-9-7-12)14(21)20(15(22)19-16)10-11-4-2-3-5-13(11)17/h2-5,12,18H,6-10H2,1H3,(H,19,22)/t16-/m0/s1. The van der Waals surface area contributed by atoms with Crippen molar-refractivity contribution in [1.82, 2.24) is 15.5 Å². The van der Waals surface area contributed by atoms with Gasteiger partial charge in [-0.2, -0.15) is 0 Å². The van der Waals surface area contributed by atoms with Gasteiger partial charge in [0.05, 0.1) is 6.54 Å². The molecule has 6 heteroatoms. The van der Waals surface area contributed by atoms with Crippen molar-refractivity contribution in [3.05, 3.63) is 34.9 Å². The van der Waals surface area contributed by atoms with Gasteiger partial charge in [0.15, 0.2) is 0 Å². The molecule has 2 aliphatic heterocycles. The average molecular weight is 322 g/mol. The van der Waals surface area contributed by atoms with E-state index >= 15 is 0 Å². The summed E-state index contributed by atoms with van der Waals surface area (Å²) in [5, 5.41) is 6.76. The molecule has 2 fully saturated rings. The van der Waals surface area contributed by atoms with Gasteiger partial charge in [-0.1, -0.05) is 29.8 Å². The maximum Gasteiger partial charge on any atom is 0.325 e. The SMILES string of the molecule is C[C@@]1(C2CCNCC2)NC(=O)N(Cc2ccccc2Cl)C1=O. The van der Waals surface area contributed by atoms with Crippen LogP contribution in [0.3, 0.4) is 0 Å². The molecule has 0 bridgehead atoms. The fourth-order valence-corrected chi connectivity index (χ4v) is 3.53. The van der Waals surface area contributed by atoms with Crippen LogP contribution in [-0.4, -0.2) is 35.5 Å². The lowest BCUT2D eigenvalue weighted by Gasteiger charge is -2.34. The van der Waals surface area contributed by atoms with Gasteiger partial charge in [0, 0.05) is 5.02 Å². The van der Waals surface area contributed by atoms with Crippen molar-refractivity contribution >= 4 is 23.5 Å². The predicted octanol–water partition coefficient (Wildman–Crippen LogP) is 2.15. The molecule has 1 aromatic rings. The molecule has 3 rings (SSSR count). The largest absolute Gasteiger partial charge is 0.325 e. The summed E-state index contributed by atoms with van der Waals surface area (Å²) in [4.78, 5) is 26.4. The molecule has 0 aliphatic carbocycles. The summed E-state index contributed by atoms with van der Waals surface area (Å²) in [6.45, 7) is 3.82. The first kappa shape index (κ1) is 15.3. The highest BCUT2D eigenvalue weighted by atomic mass is 35.5. The van der Waals surface area contributed by atoms with Crippen LogP contribution < -0.4 is 10.6 Å². The number of hydrogen-bond acceptors (Lipinski definition) is 3. The molecule has 0 radical (unpaired) electrons. The summed E-state index contributed by atoms with van der Waals surface area (Å²) in [7, 11) is 0. The number of carbonyl (C=O) groups excluding carboxylic acids is 2. The number of nitrogens with one attached hydrogen (secondary N) is 2. The van der Waals surface area contributed by atoms with Gasteiger partial charge in [-0.15, -0.1) is 0 Å². The number of nitrogens with zero attached hydrogens (tertiary/aromatic N) is 1. The molecular formula is C16H20ClN3O2. The Morgan fingerprint density at radius 1 is 1.27 bits per heavy atom. The third-order valence-electron chi connectivity index (χ3n) is 4.74. The average Bonchev–Trinajstić information content (AvgIpc) is 2.75. The number of amides is 3. The Bertz CT molecular complexity index is 601. The normalized spacial score (nSPS) is 26.4. The van der Waals surface area contributed by atoms with Crippen molar-refractivity contribution < 1.29 is 9.59 Å². The van der Waals surface area contributed by atoms with Crippen LogP contribution in [0.2, 0.25) is 5.02 Å². The van der Waals surface area contributed by atoms with Crippen molar-refractivity contribution in [3.63, 3.8) is 0 Å². The monoisotopic (exact) mass is 321 g/mol. The molecule has 5 nitrogen and oxygen atoms in total. The Morgan fingerprint density at radius 2 is 1.95 bits per heavy atom. The van der Waals surface area contributed by atoms with Gasteiger partial charge < -0.3 is 10.6 Å². The van der Waals surface area contributed by atoms with Gasteiger partial charge in [0.1, 0.15) is 5.54 Å². The van der Waals surface area contributed by atoms with Crippen LogP contribution in [0, 0.1) is 5.92 Å². The molecule has 0 aromatic heterocycles. The molecule has 0 saturated carbocycles. The van der Waals surface area contributed by atoms with Crippen LogP contribution in [0.1, 0.15) is 25.3 Å². The minimum absolute atomic E-state index is 0.149. The highest BCUT2D eigenvalue weighted by Crippen LogP contribution is 2.33. The van der Waals surface area contributed by atoms with Gasteiger partial charge in [0.25, 0.3) is 5.91 Å². The Labute approximate surface area is 135 Å². The third kappa shape index (κ3) is 2.59. The Hall–Kier alpha value is -1.59. The molecule has 0 spiro atoms. The second-order valence-corrected chi connectivity index (χ2v) is 6.55. The number of carbonyl (C=O) groups is 2. The molecule has 1 aromatic carbocycles. The van der Waals surface area contributed by atoms with Crippen molar-refractivity contribution in [2.45, 2.75) is 31.8 Å². The molecule has 2 aliphatic rings. The summed E-state index contributed by atoms with van der Waals surface area (Å²) in [5.41, 5.74) is -0.0253. The molecule has 2 saturated heterocycles. The van der Waals surface area contributed by atoms with Crippen molar-refractivity contribution in [2.24, 2.45) is 5.92 Å². The topological polar surface area (TPSA) is 61.4 Å². The van der Waals surface area contributed by atoms with Crippen LogP contribution in [-0.2, 0) is 11.3 Å². The molecule has 0 unspecified atom stereocenters. The quantitative estimate of drug-likeness (QED) is 0.839. The first-order valence-corrected chi connectivity index (χ1v) is 7.98. The Morgan fingerprint density at radius 3 is 2.64 bits per heavy atom. The zero-order valence-corrected chi connectivity index (χ0v) is 13.3. The summed E-state index contributed by atoms with van der Waals surface area (Å²) < 4.78 is 0. The lowest BCUT2D eigenvalue weighted by atomic mass is 9.79. The minimum Gasteiger partial charge on any atom is -0.323 e. The predicted molar refractivity (Wildman–Crippen MR) is 84.5 cm³/mol. The van der Waals surface area contributed by atoms with Crippen LogP contribution in [0.15, 0.2) is 24.3 Å². The third-order valence-corrected chi connectivity index (χ3v) is 5.11. The maximum atomic E-state index is 12.8. The maximum absolute atomic E-state index is 12.8. The number of piperidine rings is 1. The fourth-order valence-electron chi connectivity index (χ4n) is 3.33. The highest BCUT2D eigenvalue weighted by Gasteiger charge is 2.52. The summed E-state index contributed by atoms with van der Waals surface area (Å²) in [6.07, 6.45) is 1.78. The van der Waals surface area contributed by atoms with Crippen LogP contribution in [0.4, 0.5) is 4.79 Å². The van der Waals surface area contributed by atoms with E-state index in [2.05, 4.69) is 10.6 Å². The number of benzene rings is 1. The zero-order chi connectivity index (χ0) is 15.7. The highest BCUT2D eigenvalue weighted by molar-refractivity contribution is 6.31. The summed E-state index contributed by atoms with van der Waals surface area (Å²) >= 11 is 6.14. The van der Waals surface area contributed by atoms with E-state index in [0.717, 1.165) is 31.5 Å². The Balaban J connectivity index is 1.80. The first-order valence-electron chi connectivity index (χ1n) is 7.60. The lowest BCUT2D eigenvalue weighted by Crippen LogP contribution is -2.53.